The molecule has 0 unspecified atom stereocenters. The van der Waals surface area contributed by atoms with Gasteiger partial charge in [-0.2, -0.15) is 5.26 Å². The van der Waals surface area contributed by atoms with Gasteiger partial charge in [0.25, 0.3) is 5.91 Å². The lowest BCUT2D eigenvalue weighted by Gasteiger charge is -1.86. The van der Waals surface area contributed by atoms with Crippen LogP contribution in [0.5, 0.6) is 0 Å². The first-order valence-corrected chi connectivity index (χ1v) is 2.03. The Morgan fingerprint density at radius 2 is 2.44 bits per heavy atom. The van der Waals surface area contributed by atoms with Crippen LogP contribution in [0.4, 0.5) is 0 Å². The largest absolute Gasteiger partial charge is 0.398 e. The van der Waals surface area contributed by atoms with Gasteiger partial charge in [0.05, 0.1) is 0 Å². The van der Waals surface area contributed by atoms with Gasteiger partial charge in [-0.1, -0.05) is 5.16 Å². The summed E-state index contributed by atoms with van der Waals surface area (Å²) in [6.07, 6.45) is 0. The Morgan fingerprint density at radius 3 is 2.56 bits per heavy atom. The highest BCUT2D eigenvalue weighted by Gasteiger charge is 2.03. The minimum atomic E-state index is -0.889. The summed E-state index contributed by atoms with van der Waals surface area (Å²) in [5.41, 5.74) is 4.23. The topological polar surface area (TPSA) is 88.5 Å². The molecule has 0 aliphatic rings. The molecule has 0 atom stereocenters. The van der Waals surface area contributed by atoms with E-state index in [-0.39, 0.29) is 0 Å². The molecule has 5 heteroatoms. The molecule has 2 N–H and O–H groups in total. The lowest BCUT2D eigenvalue weighted by molar-refractivity contribution is -0.112. The fourth-order valence-corrected chi connectivity index (χ4v) is 0.212. The highest BCUT2D eigenvalue weighted by molar-refractivity contribution is 6.44. The first-order chi connectivity index (χ1) is 4.22. The molecule has 0 aromatic rings. The number of nitriles is 1. The molecule has 1 amide bonds. The number of hydrogen-bond acceptors (Lipinski definition) is 4. The summed E-state index contributed by atoms with van der Waals surface area (Å²) in [6, 6.07) is 1.45. The predicted molar refractivity (Wildman–Crippen MR) is 29.3 cm³/mol. The van der Waals surface area contributed by atoms with Crippen LogP contribution < -0.4 is 5.73 Å². The predicted octanol–water partition coefficient (Wildman–Crippen LogP) is -1.00. The number of nitrogens with zero attached hydrogens (tertiary/aromatic N) is 2. The van der Waals surface area contributed by atoms with E-state index in [0.717, 1.165) is 0 Å². The van der Waals surface area contributed by atoms with Gasteiger partial charge in [-0.05, 0) is 0 Å². The van der Waals surface area contributed by atoms with E-state index in [1.54, 1.807) is 0 Å². The van der Waals surface area contributed by atoms with Gasteiger partial charge in [-0.25, -0.2) is 0 Å². The van der Waals surface area contributed by atoms with Crippen LogP contribution in [0, 0.1) is 11.3 Å². The van der Waals surface area contributed by atoms with E-state index in [1.807, 2.05) is 0 Å². The molecule has 5 nitrogen and oxygen atoms in total. The Balaban J connectivity index is 4.20. The maximum Gasteiger partial charge on any atom is 0.281 e. The first-order valence-electron chi connectivity index (χ1n) is 2.03. The molecule has 0 radical (unpaired) electrons. The summed E-state index contributed by atoms with van der Waals surface area (Å²) in [7, 11) is 1.22. The van der Waals surface area contributed by atoms with Gasteiger partial charge in [0.1, 0.15) is 13.2 Å². The van der Waals surface area contributed by atoms with Gasteiger partial charge in [-0.3, -0.25) is 4.79 Å². The highest BCUT2D eigenvalue weighted by atomic mass is 16.6. The summed E-state index contributed by atoms with van der Waals surface area (Å²) in [6.45, 7) is 0. The standard InChI is InChI=1S/C4H5N3O2/c1-9-7-3(2-5)4(6)8/h1H3,(H2,6,8). The summed E-state index contributed by atoms with van der Waals surface area (Å²) in [5.74, 6) is -0.889. The number of primary amides is 1. The molecule has 0 aliphatic heterocycles. The first kappa shape index (κ1) is 7.43. The molecule has 0 heterocycles. The monoisotopic (exact) mass is 127 g/mol. The van der Waals surface area contributed by atoms with E-state index >= 15 is 0 Å². The molecule has 0 aromatic carbocycles. The third-order valence-electron chi connectivity index (χ3n) is 0.522. The summed E-state index contributed by atoms with van der Waals surface area (Å²) in [5, 5.41) is 11.1. The number of hydrogen-bond donors (Lipinski definition) is 1. The van der Waals surface area contributed by atoms with Gasteiger partial charge < -0.3 is 10.6 Å². The minimum Gasteiger partial charge on any atom is -0.398 e. The van der Waals surface area contributed by atoms with Crippen LogP contribution in [0.2, 0.25) is 0 Å². The van der Waals surface area contributed by atoms with E-state index in [0.29, 0.717) is 0 Å². The van der Waals surface area contributed by atoms with Gasteiger partial charge in [-0.15, -0.1) is 0 Å². The van der Waals surface area contributed by atoms with E-state index in [2.05, 4.69) is 15.7 Å². The molecular weight excluding hydrogens is 122 g/mol. The van der Waals surface area contributed by atoms with E-state index < -0.39 is 11.6 Å². The lowest BCUT2D eigenvalue weighted by Crippen LogP contribution is -2.21. The van der Waals surface area contributed by atoms with Crippen LogP contribution in [0.3, 0.4) is 0 Å². The smallest absolute Gasteiger partial charge is 0.281 e. The van der Waals surface area contributed by atoms with Crippen LogP contribution in [-0.4, -0.2) is 18.7 Å². The second kappa shape index (κ2) is 3.43. The van der Waals surface area contributed by atoms with Crippen molar-refractivity contribution in [3.8, 4) is 6.07 Å². The van der Waals surface area contributed by atoms with Crippen molar-refractivity contribution in [2.75, 3.05) is 7.11 Å². The maximum atomic E-state index is 10.1. The fourth-order valence-electron chi connectivity index (χ4n) is 0.212. The maximum absolute atomic E-state index is 10.1. The van der Waals surface area contributed by atoms with Crippen LogP contribution >= 0.6 is 0 Å². The summed E-state index contributed by atoms with van der Waals surface area (Å²) < 4.78 is 0. The summed E-state index contributed by atoms with van der Waals surface area (Å²) in [4.78, 5) is 14.2. The molecule has 0 saturated carbocycles. The number of nitrogens with two attached hydrogens (primary N) is 1. The second-order valence-corrected chi connectivity index (χ2v) is 1.10. The molecule has 9 heavy (non-hydrogen) atoms. The lowest BCUT2D eigenvalue weighted by atomic mass is 10.4. The van der Waals surface area contributed by atoms with Crippen molar-refractivity contribution in [3.63, 3.8) is 0 Å². The number of amides is 1. The van der Waals surface area contributed by atoms with Crippen molar-refractivity contribution in [3.05, 3.63) is 0 Å². The average Bonchev–Trinajstić information content (AvgIpc) is 1.82. The Morgan fingerprint density at radius 1 is 1.89 bits per heavy atom. The fraction of sp³-hybridized carbons (Fsp3) is 0.250. The second-order valence-electron chi connectivity index (χ2n) is 1.10. The average molecular weight is 127 g/mol. The molecule has 0 aliphatic carbocycles. The van der Waals surface area contributed by atoms with E-state index in [1.165, 1.54) is 13.2 Å². The van der Waals surface area contributed by atoms with Gasteiger partial charge in [0.15, 0.2) is 0 Å². The zero-order chi connectivity index (χ0) is 7.28. The SMILES string of the molecule is CON=C(C#N)C(N)=O. The van der Waals surface area contributed by atoms with Crippen molar-refractivity contribution in [1.29, 1.82) is 5.26 Å². The van der Waals surface area contributed by atoms with Gasteiger partial charge in [0.2, 0.25) is 5.71 Å². The molecule has 0 bridgehead atoms. The Hall–Kier alpha value is -1.57. The van der Waals surface area contributed by atoms with E-state index in [4.69, 9.17) is 5.26 Å². The van der Waals surface area contributed by atoms with Crippen molar-refractivity contribution >= 4 is 11.6 Å². The van der Waals surface area contributed by atoms with Crippen LogP contribution in [0.15, 0.2) is 5.16 Å². The normalized spacial score (nSPS) is 10.0. The minimum absolute atomic E-state index is 0.433. The van der Waals surface area contributed by atoms with Crippen molar-refractivity contribution in [1.82, 2.24) is 0 Å². The van der Waals surface area contributed by atoms with Crippen molar-refractivity contribution in [2.24, 2.45) is 10.9 Å². The van der Waals surface area contributed by atoms with Crippen molar-refractivity contribution < 1.29 is 9.63 Å². The van der Waals surface area contributed by atoms with Gasteiger partial charge in [0, 0.05) is 0 Å². The van der Waals surface area contributed by atoms with Gasteiger partial charge >= 0.3 is 0 Å². The zero-order valence-corrected chi connectivity index (χ0v) is 4.79. The molecule has 0 aromatic heterocycles. The molecular formula is C4H5N3O2. The third kappa shape index (κ3) is 2.29. The molecule has 0 fully saturated rings. The molecule has 0 saturated heterocycles. The zero-order valence-electron chi connectivity index (χ0n) is 4.79. The summed E-state index contributed by atoms with van der Waals surface area (Å²) >= 11 is 0. The number of rotatable bonds is 2. The Labute approximate surface area is 51.7 Å². The quantitative estimate of drug-likeness (QED) is 0.381. The van der Waals surface area contributed by atoms with Crippen molar-refractivity contribution in [2.45, 2.75) is 0 Å². The number of oxime groups is 1. The third-order valence-corrected chi connectivity index (χ3v) is 0.522. The molecule has 0 spiro atoms. The highest BCUT2D eigenvalue weighted by Crippen LogP contribution is 1.74. The van der Waals surface area contributed by atoms with Crippen LogP contribution in [-0.2, 0) is 9.63 Å². The molecule has 48 valence electrons. The number of carbonyl (C=O) groups is 1. The Bertz CT molecular complexity index is 179. The van der Waals surface area contributed by atoms with E-state index in [9.17, 15) is 4.79 Å². The van der Waals surface area contributed by atoms with Crippen LogP contribution in [0.1, 0.15) is 0 Å². The molecule has 0 rings (SSSR count). The van der Waals surface area contributed by atoms with Crippen LogP contribution in [0.25, 0.3) is 0 Å². The number of carbonyl (C=O) groups excluding carboxylic acids is 1. The Kier molecular flexibility index (Phi) is 2.84.